The number of carbonyl (C=O) groups is 1. The second-order valence-electron chi connectivity index (χ2n) is 8.63. The highest BCUT2D eigenvalue weighted by atomic mass is 19.1. The second kappa shape index (κ2) is 8.00. The maximum Gasteiger partial charge on any atom is 0.253 e. The molecule has 4 rings (SSSR count). The van der Waals surface area contributed by atoms with Crippen LogP contribution in [0.4, 0.5) is 4.39 Å². The van der Waals surface area contributed by atoms with Crippen molar-refractivity contribution in [2.75, 3.05) is 19.6 Å². The normalized spacial score (nSPS) is 19.8. The number of halogens is 1. The van der Waals surface area contributed by atoms with E-state index in [1.54, 1.807) is 24.4 Å². The van der Waals surface area contributed by atoms with Crippen molar-refractivity contribution in [3.8, 4) is 11.3 Å². The van der Waals surface area contributed by atoms with Crippen LogP contribution < -0.4 is 5.32 Å². The van der Waals surface area contributed by atoms with Gasteiger partial charge in [-0.15, -0.1) is 0 Å². The molecule has 0 radical (unpaired) electrons. The number of hydrogen-bond acceptors (Lipinski definition) is 3. The summed E-state index contributed by atoms with van der Waals surface area (Å²) < 4.78 is 13.4. The van der Waals surface area contributed by atoms with E-state index in [1.165, 1.54) is 37.9 Å². The van der Waals surface area contributed by atoms with Gasteiger partial charge in [-0.2, -0.15) is 0 Å². The highest BCUT2D eigenvalue weighted by molar-refractivity contribution is 5.94. The van der Waals surface area contributed by atoms with Crippen molar-refractivity contribution in [3.05, 3.63) is 54.0 Å². The Kier molecular flexibility index (Phi) is 5.44. The van der Waals surface area contributed by atoms with Crippen LogP contribution in [0, 0.1) is 11.2 Å². The van der Waals surface area contributed by atoms with Crippen LogP contribution in [0.15, 0.2) is 42.6 Å². The van der Waals surface area contributed by atoms with Gasteiger partial charge < -0.3 is 10.2 Å². The lowest BCUT2D eigenvalue weighted by molar-refractivity contribution is 0.0655. The summed E-state index contributed by atoms with van der Waals surface area (Å²) in [6, 6.07) is 10.1. The number of aromatic nitrogens is 1. The van der Waals surface area contributed by atoms with E-state index in [0.29, 0.717) is 22.2 Å². The largest absolute Gasteiger partial charge is 0.349 e. The highest BCUT2D eigenvalue weighted by Gasteiger charge is 2.34. The van der Waals surface area contributed by atoms with Crippen molar-refractivity contribution in [3.63, 3.8) is 0 Å². The summed E-state index contributed by atoms with van der Waals surface area (Å²) in [7, 11) is 0. The first-order valence-corrected chi connectivity index (χ1v) is 10.3. The summed E-state index contributed by atoms with van der Waals surface area (Å²) in [5.41, 5.74) is 2.43. The van der Waals surface area contributed by atoms with Crippen LogP contribution in [0.3, 0.4) is 0 Å². The third kappa shape index (κ3) is 4.41. The predicted molar refractivity (Wildman–Crippen MR) is 109 cm³/mol. The number of carbonyl (C=O) groups excluding carboxylic acids is 1. The van der Waals surface area contributed by atoms with Gasteiger partial charge in [0.25, 0.3) is 5.91 Å². The average molecular weight is 381 g/mol. The molecular formula is C23H28FN3O. The Morgan fingerprint density at radius 2 is 2.04 bits per heavy atom. The maximum absolute atomic E-state index is 13.4. The fourth-order valence-electron chi connectivity index (χ4n) is 4.33. The Morgan fingerprint density at radius 3 is 2.64 bits per heavy atom. The molecule has 2 aromatic rings. The molecule has 5 heteroatoms. The van der Waals surface area contributed by atoms with Gasteiger partial charge in [0.05, 0.1) is 11.3 Å². The van der Waals surface area contributed by atoms with Crippen LogP contribution in [0.1, 0.15) is 49.4 Å². The molecule has 4 nitrogen and oxygen atoms in total. The molecule has 0 unspecified atom stereocenters. The molecule has 2 fully saturated rings. The van der Waals surface area contributed by atoms with E-state index in [9.17, 15) is 9.18 Å². The highest BCUT2D eigenvalue weighted by Crippen LogP contribution is 2.41. The van der Waals surface area contributed by atoms with Crippen molar-refractivity contribution in [2.24, 2.45) is 5.41 Å². The molecule has 1 saturated heterocycles. The molecule has 1 saturated carbocycles. The Hall–Kier alpha value is -2.27. The number of rotatable bonds is 5. The van der Waals surface area contributed by atoms with Crippen molar-refractivity contribution >= 4 is 5.91 Å². The van der Waals surface area contributed by atoms with Crippen LogP contribution in [-0.2, 0) is 0 Å². The lowest BCUT2D eigenvalue weighted by atomic mass is 9.70. The van der Waals surface area contributed by atoms with Crippen LogP contribution in [0.2, 0.25) is 0 Å². The third-order valence-corrected chi connectivity index (χ3v) is 6.23. The van der Waals surface area contributed by atoms with Crippen LogP contribution in [0.25, 0.3) is 11.3 Å². The zero-order valence-electron chi connectivity index (χ0n) is 16.5. The fourth-order valence-corrected chi connectivity index (χ4v) is 4.33. The van der Waals surface area contributed by atoms with Gasteiger partial charge in [0.15, 0.2) is 0 Å². The predicted octanol–water partition coefficient (Wildman–Crippen LogP) is 4.27. The maximum atomic E-state index is 13.4. The Morgan fingerprint density at radius 1 is 1.25 bits per heavy atom. The van der Waals surface area contributed by atoms with Crippen LogP contribution >= 0.6 is 0 Å². The van der Waals surface area contributed by atoms with Gasteiger partial charge in [-0.3, -0.25) is 9.78 Å². The lowest BCUT2D eigenvalue weighted by Gasteiger charge is -2.44. The molecule has 0 atom stereocenters. The van der Waals surface area contributed by atoms with E-state index in [1.807, 2.05) is 6.07 Å². The number of nitrogens with one attached hydrogen (secondary N) is 1. The molecule has 1 aliphatic heterocycles. The molecule has 1 aromatic carbocycles. The molecule has 28 heavy (non-hydrogen) atoms. The second-order valence-corrected chi connectivity index (χ2v) is 8.63. The molecule has 2 heterocycles. The van der Waals surface area contributed by atoms with Gasteiger partial charge in [-0.1, -0.05) is 25.5 Å². The third-order valence-electron chi connectivity index (χ3n) is 6.23. The van der Waals surface area contributed by atoms with Crippen molar-refractivity contribution in [1.29, 1.82) is 0 Å². The first-order valence-electron chi connectivity index (χ1n) is 10.3. The smallest absolute Gasteiger partial charge is 0.253 e. The minimum atomic E-state index is -0.293. The summed E-state index contributed by atoms with van der Waals surface area (Å²) in [4.78, 5) is 19.4. The van der Waals surface area contributed by atoms with E-state index < -0.39 is 0 Å². The topological polar surface area (TPSA) is 45.2 Å². The number of pyridine rings is 1. The van der Waals surface area contributed by atoms with Gasteiger partial charge in [-0.05, 0) is 55.4 Å². The summed E-state index contributed by atoms with van der Waals surface area (Å²) in [6.45, 7) is 5.69. The molecule has 0 spiro atoms. The van der Waals surface area contributed by atoms with Crippen molar-refractivity contribution in [1.82, 2.24) is 15.2 Å². The lowest BCUT2D eigenvalue weighted by Crippen LogP contribution is -2.48. The zero-order valence-corrected chi connectivity index (χ0v) is 16.5. The summed E-state index contributed by atoms with van der Waals surface area (Å²) in [6.07, 6.45) is 7.63. The van der Waals surface area contributed by atoms with Gasteiger partial charge >= 0.3 is 0 Å². The van der Waals surface area contributed by atoms with E-state index in [0.717, 1.165) is 25.9 Å². The van der Waals surface area contributed by atoms with E-state index >= 15 is 0 Å². The zero-order chi connectivity index (χ0) is 19.6. The summed E-state index contributed by atoms with van der Waals surface area (Å²) in [5, 5.41) is 3.15. The number of nitrogens with zero attached hydrogens (tertiary/aromatic N) is 2. The molecule has 148 valence electrons. The average Bonchev–Trinajstić information content (AvgIpc) is 2.68. The number of hydrogen-bond donors (Lipinski definition) is 1. The van der Waals surface area contributed by atoms with Gasteiger partial charge in [0.1, 0.15) is 5.82 Å². The minimum Gasteiger partial charge on any atom is -0.349 e. The quantitative estimate of drug-likeness (QED) is 0.841. The van der Waals surface area contributed by atoms with Crippen molar-refractivity contribution < 1.29 is 9.18 Å². The molecular weight excluding hydrogens is 353 g/mol. The first-order chi connectivity index (χ1) is 13.5. The summed E-state index contributed by atoms with van der Waals surface area (Å²) >= 11 is 0. The molecule has 1 N–H and O–H groups in total. The minimum absolute atomic E-state index is 0.0808. The number of likely N-dealkylation sites (tertiary alicyclic amines) is 1. The van der Waals surface area contributed by atoms with Crippen LogP contribution in [-0.4, -0.2) is 41.5 Å². The van der Waals surface area contributed by atoms with E-state index in [-0.39, 0.29) is 17.8 Å². The summed E-state index contributed by atoms with van der Waals surface area (Å²) in [5.74, 6) is -0.374. The van der Waals surface area contributed by atoms with Crippen LogP contribution in [0.5, 0.6) is 0 Å². The Bertz CT molecular complexity index is 824. The molecule has 1 aliphatic carbocycles. The first kappa shape index (κ1) is 19.1. The van der Waals surface area contributed by atoms with Gasteiger partial charge in [0, 0.05) is 37.4 Å². The fraction of sp³-hybridized carbons (Fsp3) is 0.478. The van der Waals surface area contributed by atoms with Crippen molar-refractivity contribution in [2.45, 2.75) is 45.1 Å². The number of amides is 1. The van der Waals surface area contributed by atoms with E-state index in [2.05, 4.69) is 22.1 Å². The number of benzene rings is 1. The Labute approximate surface area is 166 Å². The Balaban J connectivity index is 1.29. The monoisotopic (exact) mass is 381 g/mol. The molecule has 0 bridgehead atoms. The molecule has 1 aromatic heterocycles. The molecule has 1 amide bonds. The standard InChI is InChI=1S/C23H28FN3O/c1-23(10-3-11-23)16-27-12-8-20(9-13-27)26-22(28)18-6-7-21(25-15-18)17-4-2-5-19(24)14-17/h2,4-7,14-15,20H,3,8-13,16H2,1H3,(H,26,28). The number of piperidine rings is 1. The van der Waals surface area contributed by atoms with E-state index in [4.69, 9.17) is 0 Å². The van der Waals surface area contributed by atoms with Gasteiger partial charge in [0.2, 0.25) is 0 Å². The SMILES string of the molecule is CC1(CN2CCC(NC(=O)c3ccc(-c4cccc(F)c4)nc3)CC2)CCC1. The molecule has 2 aliphatic rings. The van der Waals surface area contributed by atoms with Gasteiger partial charge in [-0.25, -0.2) is 4.39 Å².